The Balaban J connectivity index is 3.95. The summed E-state index contributed by atoms with van der Waals surface area (Å²) < 4.78 is 15.7. The minimum absolute atomic E-state index is 0.0221. The summed E-state index contributed by atoms with van der Waals surface area (Å²) in [7, 11) is -0.162. The molecule has 0 spiro atoms. The van der Waals surface area contributed by atoms with Gasteiger partial charge in [-0.25, -0.2) is 0 Å². The maximum Gasteiger partial charge on any atom is 0.303 e. The Kier molecular flexibility index (Phi) is 5.02. The summed E-state index contributed by atoms with van der Waals surface area (Å²) in [6.07, 6.45) is 0.243. The molecule has 5 heteroatoms. The molecule has 0 bridgehead atoms. The van der Waals surface area contributed by atoms with E-state index in [0.717, 1.165) is 0 Å². The van der Waals surface area contributed by atoms with Gasteiger partial charge in [-0.1, -0.05) is 0 Å². The minimum atomic E-state index is -0.899. The quantitative estimate of drug-likeness (QED) is 0.652. The Morgan fingerprint density at radius 2 is 2.25 bits per heavy atom. The fraction of sp³-hybridized carbons (Fsp3) is 0.857. The highest BCUT2D eigenvalue weighted by molar-refractivity contribution is 7.25. The number of ether oxygens (including phenoxy) is 1. The number of carboxylic acids is 1. The lowest BCUT2D eigenvalue weighted by molar-refractivity contribution is -0.138. The van der Waals surface area contributed by atoms with Gasteiger partial charge in [-0.05, 0) is 20.3 Å². The van der Waals surface area contributed by atoms with Crippen molar-refractivity contribution in [1.29, 1.82) is 0 Å². The highest BCUT2D eigenvalue weighted by Gasteiger charge is 2.25. The van der Waals surface area contributed by atoms with Gasteiger partial charge in [0.2, 0.25) is 0 Å². The van der Waals surface area contributed by atoms with E-state index >= 15 is 0 Å². The van der Waals surface area contributed by atoms with Crippen molar-refractivity contribution in [3.8, 4) is 0 Å². The molecule has 1 unspecified atom stereocenters. The van der Waals surface area contributed by atoms with E-state index in [-0.39, 0.29) is 21.3 Å². The highest BCUT2D eigenvalue weighted by Crippen LogP contribution is 2.29. The van der Waals surface area contributed by atoms with Crippen molar-refractivity contribution in [1.82, 2.24) is 0 Å². The molecule has 1 atom stereocenters. The van der Waals surface area contributed by atoms with Gasteiger partial charge >= 0.3 is 5.97 Å². The predicted octanol–water partition coefficient (Wildman–Crippen LogP) is 1.90. The van der Waals surface area contributed by atoms with E-state index in [9.17, 15) is 9.36 Å². The minimum Gasteiger partial charge on any atom is -0.481 e. The van der Waals surface area contributed by atoms with Crippen molar-refractivity contribution in [2.45, 2.75) is 32.0 Å². The lowest BCUT2D eigenvalue weighted by Crippen LogP contribution is -2.22. The first-order valence-corrected chi connectivity index (χ1v) is 4.55. The zero-order valence-corrected chi connectivity index (χ0v) is 8.13. The molecule has 1 N–H and O–H groups in total. The van der Waals surface area contributed by atoms with Crippen LogP contribution in [0.5, 0.6) is 0 Å². The lowest BCUT2D eigenvalue weighted by atomic mass is 10.2. The molecule has 0 rings (SSSR count). The van der Waals surface area contributed by atoms with Crippen LogP contribution in [-0.2, 0) is 14.1 Å². The summed E-state index contributed by atoms with van der Waals surface area (Å²) in [6.45, 7) is 3.85. The van der Waals surface area contributed by atoms with Gasteiger partial charge in [-0.15, -0.1) is 0 Å². The van der Waals surface area contributed by atoms with Crippen LogP contribution in [0.3, 0.4) is 0 Å². The number of aliphatic carboxylic acids is 1. The second-order valence-corrected chi connectivity index (χ2v) is 3.72. The number of carbonyl (C=O) groups is 1. The molecule has 70 valence electrons. The van der Waals surface area contributed by atoms with Crippen LogP contribution in [0.25, 0.3) is 0 Å². The smallest absolute Gasteiger partial charge is 0.303 e. The molecular formula is C7H13O4P. The first-order valence-electron chi connectivity index (χ1n) is 3.74. The van der Waals surface area contributed by atoms with E-state index in [4.69, 9.17) is 9.84 Å². The van der Waals surface area contributed by atoms with Crippen molar-refractivity contribution >= 4 is 14.4 Å². The van der Waals surface area contributed by atoms with Gasteiger partial charge in [0.15, 0.2) is 8.46 Å². The summed E-state index contributed by atoms with van der Waals surface area (Å²) in [5.74, 6) is -0.899. The number of hydrogen-bond donors (Lipinski definition) is 1. The maximum absolute atomic E-state index is 10.6. The average molecular weight is 192 g/mol. The Labute approximate surface area is 73.1 Å². The van der Waals surface area contributed by atoms with Crippen molar-refractivity contribution < 1.29 is 19.2 Å². The molecule has 0 heterocycles. The third-order valence-corrected chi connectivity index (χ3v) is 2.19. The molecule has 0 aliphatic carbocycles. The van der Waals surface area contributed by atoms with E-state index in [0.29, 0.717) is 6.61 Å². The third kappa shape index (κ3) is 4.42. The summed E-state index contributed by atoms with van der Waals surface area (Å²) in [4.78, 5) is 10.2. The molecule has 0 aromatic carbocycles. The van der Waals surface area contributed by atoms with Gasteiger partial charge < -0.3 is 9.84 Å². The Hall–Kier alpha value is -0.470. The van der Waals surface area contributed by atoms with Gasteiger partial charge in [0, 0.05) is 13.0 Å². The van der Waals surface area contributed by atoms with Crippen molar-refractivity contribution in [2.75, 3.05) is 6.61 Å². The SMILES string of the molecule is CCOC(C)(CCC(=O)O)P=O. The zero-order valence-electron chi connectivity index (χ0n) is 7.24. The summed E-state index contributed by atoms with van der Waals surface area (Å²) in [5, 5.41) is 7.54. The van der Waals surface area contributed by atoms with E-state index in [1.807, 2.05) is 0 Å². The fourth-order valence-electron chi connectivity index (χ4n) is 0.794. The molecule has 0 radical (unpaired) electrons. The standard InChI is InChI=1S/C7H13O4P/c1-3-11-7(2,12-10)5-4-6(8)9/h3-5H2,1-2H3,(H,8,9). The third-order valence-electron chi connectivity index (χ3n) is 1.45. The van der Waals surface area contributed by atoms with Gasteiger partial charge in [0.1, 0.15) is 5.34 Å². The summed E-state index contributed by atoms with van der Waals surface area (Å²) >= 11 is 0. The number of carboxylic acid groups (broad SMARTS) is 1. The Bertz CT molecular complexity index is 171. The Morgan fingerprint density at radius 3 is 2.58 bits per heavy atom. The monoisotopic (exact) mass is 192 g/mol. The second-order valence-electron chi connectivity index (χ2n) is 2.59. The first kappa shape index (κ1) is 11.5. The van der Waals surface area contributed by atoms with Crippen molar-refractivity contribution in [2.24, 2.45) is 0 Å². The molecule has 0 aromatic heterocycles. The molecule has 0 fully saturated rings. The molecule has 0 aliphatic rings. The first-order chi connectivity index (χ1) is 5.54. The van der Waals surface area contributed by atoms with Crippen LogP contribution in [0.1, 0.15) is 26.7 Å². The zero-order chi connectivity index (χ0) is 9.61. The summed E-state index contributed by atoms with van der Waals surface area (Å²) in [6, 6.07) is 0. The molecular weight excluding hydrogens is 179 g/mol. The van der Waals surface area contributed by atoms with Gasteiger partial charge in [-0.2, -0.15) is 0 Å². The molecule has 0 saturated carbocycles. The molecule has 0 amide bonds. The fourth-order valence-corrected chi connectivity index (χ4v) is 1.18. The van der Waals surface area contributed by atoms with Gasteiger partial charge in [0.05, 0.1) is 0 Å². The van der Waals surface area contributed by atoms with Crippen LogP contribution >= 0.6 is 8.46 Å². The van der Waals surface area contributed by atoms with Crippen molar-refractivity contribution in [3.05, 3.63) is 0 Å². The molecule has 0 saturated heterocycles. The van der Waals surface area contributed by atoms with Crippen LogP contribution < -0.4 is 0 Å². The molecule has 0 aliphatic heterocycles. The highest BCUT2D eigenvalue weighted by atomic mass is 31.1. The van der Waals surface area contributed by atoms with Crippen LogP contribution in [-0.4, -0.2) is 23.0 Å². The molecule has 4 nitrogen and oxygen atoms in total. The largest absolute Gasteiger partial charge is 0.481 e. The normalized spacial score (nSPS) is 15.8. The van der Waals surface area contributed by atoms with Crippen LogP contribution in [0, 0.1) is 0 Å². The number of rotatable bonds is 6. The second kappa shape index (κ2) is 5.22. The van der Waals surface area contributed by atoms with E-state index in [2.05, 4.69) is 0 Å². The maximum atomic E-state index is 10.6. The lowest BCUT2D eigenvalue weighted by Gasteiger charge is -2.20. The number of hydrogen-bond acceptors (Lipinski definition) is 3. The van der Waals surface area contributed by atoms with Crippen LogP contribution in [0.4, 0.5) is 0 Å². The van der Waals surface area contributed by atoms with E-state index in [1.165, 1.54) is 0 Å². The molecule has 12 heavy (non-hydrogen) atoms. The van der Waals surface area contributed by atoms with E-state index in [1.54, 1.807) is 13.8 Å². The topological polar surface area (TPSA) is 63.6 Å². The van der Waals surface area contributed by atoms with Crippen molar-refractivity contribution in [3.63, 3.8) is 0 Å². The predicted molar refractivity (Wildman–Crippen MR) is 44.5 cm³/mol. The van der Waals surface area contributed by atoms with Crippen LogP contribution in [0.15, 0.2) is 0 Å². The van der Waals surface area contributed by atoms with Gasteiger partial charge in [-0.3, -0.25) is 9.36 Å². The average Bonchev–Trinajstić information content (AvgIpc) is 2.02. The van der Waals surface area contributed by atoms with Gasteiger partial charge in [0.25, 0.3) is 0 Å². The molecule has 0 aromatic rings. The van der Waals surface area contributed by atoms with Crippen LogP contribution in [0.2, 0.25) is 0 Å². The Morgan fingerprint density at radius 1 is 1.67 bits per heavy atom. The van der Waals surface area contributed by atoms with E-state index < -0.39 is 11.3 Å². The summed E-state index contributed by atoms with van der Waals surface area (Å²) in [5.41, 5.74) is 0.